The van der Waals surface area contributed by atoms with Gasteiger partial charge in [-0.05, 0) is 65.1 Å². The zero-order valence-corrected chi connectivity index (χ0v) is 20.4. The maximum atomic E-state index is 13.1. The highest BCUT2D eigenvalue weighted by Crippen LogP contribution is 2.32. The topological polar surface area (TPSA) is 61.4 Å². The average Bonchev–Trinajstić information content (AvgIpc) is 2.86. The van der Waals surface area contributed by atoms with Crippen LogP contribution in [0.4, 0.5) is 30.2 Å². The van der Waals surface area contributed by atoms with Gasteiger partial charge >= 0.3 is 6.18 Å². The monoisotopic (exact) mass is 505 g/mol. The van der Waals surface area contributed by atoms with Gasteiger partial charge < -0.3 is 15.5 Å². The summed E-state index contributed by atoms with van der Waals surface area (Å²) < 4.78 is 39.2. The van der Waals surface area contributed by atoms with E-state index in [-0.39, 0.29) is 11.8 Å². The summed E-state index contributed by atoms with van der Waals surface area (Å²) in [6, 6.07) is 17.9. The maximum Gasteiger partial charge on any atom is 0.416 e. The fourth-order valence-electron chi connectivity index (χ4n) is 4.08. The molecule has 0 saturated heterocycles. The van der Waals surface area contributed by atoms with Gasteiger partial charge in [0, 0.05) is 43.7 Å². The number of alkyl halides is 3. The van der Waals surface area contributed by atoms with Crippen molar-refractivity contribution in [3.63, 3.8) is 0 Å². The molecular formula is C29H26F3N3O2. The molecule has 0 aromatic heterocycles. The van der Waals surface area contributed by atoms with Gasteiger partial charge in [0.15, 0.2) is 0 Å². The number of fused-ring (bicyclic) bond motifs is 1. The first-order valence-corrected chi connectivity index (χ1v) is 11.7. The first-order chi connectivity index (χ1) is 17.6. The number of nitrogens with one attached hydrogen (secondary N) is 2. The van der Waals surface area contributed by atoms with Crippen molar-refractivity contribution in [2.75, 3.05) is 29.6 Å². The number of halogens is 3. The van der Waals surface area contributed by atoms with E-state index in [0.717, 1.165) is 28.9 Å². The number of hydrogen-bond acceptors (Lipinski definition) is 3. The molecular weight excluding hydrogens is 479 g/mol. The van der Waals surface area contributed by atoms with Crippen molar-refractivity contribution in [2.24, 2.45) is 0 Å². The number of carbonyl (C=O) groups is 2. The summed E-state index contributed by atoms with van der Waals surface area (Å²) in [6.07, 6.45) is 1.09. The second kappa shape index (κ2) is 10.7. The molecule has 2 N–H and O–H groups in total. The number of allylic oxidation sites excluding steroid dienone is 2. The molecule has 1 aliphatic heterocycles. The van der Waals surface area contributed by atoms with Crippen LogP contribution in [0.2, 0.25) is 0 Å². The number of nitrogens with zero attached hydrogens (tertiary/aromatic N) is 1. The van der Waals surface area contributed by atoms with Crippen LogP contribution in [0.25, 0.3) is 5.57 Å². The molecule has 0 unspecified atom stereocenters. The number of anilines is 3. The van der Waals surface area contributed by atoms with E-state index in [2.05, 4.69) is 10.6 Å². The standard InChI is InChI=1S/C29H26F3N3O2/c1-35(2)22-15-11-20(12-16-22)23(19-9-13-21(14-10-19)29(30,31)32)5-3-8-27(36)33-25-6-4-7-26-24(25)17-18-28(37)34-26/h3-16H,17-18H2,1-2H3,(H,33,36)(H,34,37). The Balaban J connectivity index is 1.59. The normalized spacial score (nSPS) is 13.8. The molecule has 1 heterocycles. The summed E-state index contributed by atoms with van der Waals surface area (Å²) in [6.45, 7) is 0. The molecule has 8 heteroatoms. The van der Waals surface area contributed by atoms with Crippen molar-refractivity contribution in [1.29, 1.82) is 0 Å². The van der Waals surface area contributed by atoms with E-state index in [0.29, 0.717) is 35.4 Å². The lowest BCUT2D eigenvalue weighted by atomic mass is 9.96. The van der Waals surface area contributed by atoms with Crippen LogP contribution in [-0.2, 0) is 22.2 Å². The van der Waals surface area contributed by atoms with Crippen molar-refractivity contribution in [2.45, 2.75) is 19.0 Å². The van der Waals surface area contributed by atoms with Gasteiger partial charge in [0.25, 0.3) is 0 Å². The molecule has 1 aliphatic rings. The molecule has 3 aromatic rings. The van der Waals surface area contributed by atoms with Gasteiger partial charge in [-0.15, -0.1) is 0 Å². The number of hydrogen-bond donors (Lipinski definition) is 2. The van der Waals surface area contributed by atoms with Crippen LogP contribution in [0.5, 0.6) is 0 Å². The molecule has 0 bridgehead atoms. The van der Waals surface area contributed by atoms with Crippen LogP contribution >= 0.6 is 0 Å². The number of amides is 2. The SMILES string of the molecule is CN(C)c1ccc(C(=CC=CC(=O)Nc2cccc3c2CCC(=O)N3)c2ccc(C(F)(F)F)cc2)cc1. The van der Waals surface area contributed by atoms with Gasteiger partial charge in [0.1, 0.15) is 0 Å². The summed E-state index contributed by atoms with van der Waals surface area (Å²) >= 11 is 0. The molecule has 0 fully saturated rings. The lowest BCUT2D eigenvalue weighted by Gasteiger charge is -2.19. The first kappa shape index (κ1) is 25.8. The van der Waals surface area contributed by atoms with Crippen LogP contribution in [0.15, 0.2) is 85.0 Å². The van der Waals surface area contributed by atoms with Crippen LogP contribution < -0.4 is 15.5 Å². The molecule has 37 heavy (non-hydrogen) atoms. The largest absolute Gasteiger partial charge is 0.416 e. The first-order valence-electron chi connectivity index (χ1n) is 11.7. The molecule has 5 nitrogen and oxygen atoms in total. The molecule has 0 spiro atoms. The van der Waals surface area contributed by atoms with Crippen molar-refractivity contribution in [3.8, 4) is 0 Å². The molecule has 2 amide bonds. The predicted molar refractivity (Wildman–Crippen MR) is 140 cm³/mol. The highest BCUT2D eigenvalue weighted by molar-refractivity contribution is 6.02. The van der Waals surface area contributed by atoms with Crippen molar-refractivity contribution < 1.29 is 22.8 Å². The van der Waals surface area contributed by atoms with Gasteiger partial charge in [-0.2, -0.15) is 13.2 Å². The third kappa shape index (κ3) is 6.27. The zero-order chi connectivity index (χ0) is 26.6. The number of carbonyl (C=O) groups excluding carboxylic acids is 2. The second-order valence-electron chi connectivity index (χ2n) is 8.82. The van der Waals surface area contributed by atoms with E-state index in [4.69, 9.17) is 0 Å². The Morgan fingerprint density at radius 3 is 2.22 bits per heavy atom. The van der Waals surface area contributed by atoms with Gasteiger partial charge in [-0.25, -0.2) is 0 Å². The lowest BCUT2D eigenvalue weighted by Crippen LogP contribution is -2.21. The zero-order valence-electron chi connectivity index (χ0n) is 20.4. The Bertz CT molecular complexity index is 1360. The minimum atomic E-state index is -4.42. The highest BCUT2D eigenvalue weighted by atomic mass is 19.4. The summed E-state index contributed by atoms with van der Waals surface area (Å²) in [4.78, 5) is 26.2. The molecule has 0 aliphatic carbocycles. The number of benzene rings is 3. The Labute approximate surface area is 213 Å². The summed E-state index contributed by atoms with van der Waals surface area (Å²) in [5.74, 6) is -0.424. The highest BCUT2D eigenvalue weighted by Gasteiger charge is 2.30. The minimum Gasteiger partial charge on any atom is -0.378 e. The van der Waals surface area contributed by atoms with Crippen LogP contribution in [0, 0.1) is 0 Å². The van der Waals surface area contributed by atoms with Crippen LogP contribution in [0.1, 0.15) is 28.7 Å². The van der Waals surface area contributed by atoms with Gasteiger partial charge in [-0.3, -0.25) is 9.59 Å². The molecule has 3 aromatic carbocycles. The Morgan fingerprint density at radius 2 is 1.59 bits per heavy atom. The molecule has 0 radical (unpaired) electrons. The summed E-state index contributed by atoms with van der Waals surface area (Å²) in [5.41, 5.74) is 4.48. The molecule has 0 saturated carbocycles. The van der Waals surface area contributed by atoms with E-state index in [9.17, 15) is 22.8 Å². The smallest absolute Gasteiger partial charge is 0.378 e. The fraction of sp³-hybridized carbons (Fsp3) is 0.172. The fourth-order valence-corrected chi connectivity index (χ4v) is 4.08. The summed E-state index contributed by atoms with van der Waals surface area (Å²) in [7, 11) is 3.83. The molecule has 0 atom stereocenters. The second-order valence-corrected chi connectivity index (χ2v) is 8.82. The van der Waals surface area contributed by atoms with E-state index in [1.54, 1.807) is 30.4 Å². The third-order valence-corrected chi connectivity index (χ3v) is 6.04. The predicted octanol–water partition coefficient (Wildman–Crippen LogP) is 6.28. The van der Waals surface area contributed by atoms with Crippen molar-refractivity contribution >= 4 is 34.4 Å². The van der Waals surface area contributed by atoms with Crippen LogP contribution in [-0.4, -0.2) is 25.9 Å². The van der Waals surface area contributed by atoms with E-state index < -0.39 is 11.7 Å². The van der Waals surface area contributed by atoms with Crippen molar-refractivity contribution in [3.05, 3.63) is 107 Å². The van der Waals surface area contributed by atoms with Gasteiger partial charge in [0.05, 0.1) is 5.56 Å². The Hall–Kier alpha value is -4.33. The Kier molecular flexibility index (Phi) is 7.47. The van der Waals surface area contributed by atoms with E-state index in [1.165, 1.54) is 18.2 Å². The van der Waals surface area contributed by atoms with Crippen molar-refractivity contribution in [1.82, 2.24) is 0 Å². The molecule has 4 rings (SSSR count). The van der Waals surface area contributed by atoms with E-state index >= 15 is 0 Å². The third-order valence-electron chi connectivity index (χ3n) is 6.04. The maximum absolute atomic E-state index is 13.1. The summed E-state index contributed by atoms with van der Waals surface area (Å²) in [5, 5.41) is 5.65. The number of rotatable bonds is 6. The lowest BCUT2D eigenvalue weighted by molar-refractivity contribution is -0.137. The minimum absolute atomic E-state index is 0.0598. The average molecular weight is 506 g/mol. The Morgan fingerprint density at radius 1 is 0.946 bits per heavy atom. The quantitative estimate of drug-likeness (QED) is 0.306. The van der Waals surface area contributed by atoms with Gasteiger partial charge in [0.2, 0.25) is 11.8 Å². The molecule has 190 valence electrons. The van der Waals surface area contributed by atoms with Gasteiger partial charge in [-0.1, -0.05) is 42.5 Å². The van der Waals surface area contributed by atoms with Crippen LogP contribution in [0.3, 0.4) is 0 Å². The van der Waals surface area contributed by atoms with E-state index in [1.807, 2.05) is 43.3 Å².